The molecule has 2 saturated heterocycles. The normalized spacial score (nSPS) is 17.5. The number of rotatable bonds is 5. The van der Waals surface area contributed by atoms with Gasteiger partial charge in [0.05, 0.1) is 34.9 Å². The number of hydrogen-bond donors (Lipinski definition) is 1. The number of aryl methyl sites for hydroxylation is 1. The van der Waals surface area contributed by atoms with Crippen LogP contribution in [0.2, 0.25) is 0 Å². The maximum Gasteiger partial charge on any atom is 0.257 e. The van der Waals surface area contributed by atoms with Gasteiger partial charge in [-0.2, -0.15) is 4.31 Å². The average Bonchev–Trinajstić information content (AvgIpc) is 2.91. The standard InChI is InChI=1S/C26H30N4O4S/c1-19-7-9-23(21-6-5-11-27-25(19)21)28-26(31)22-18-20(35(32,33)30-12-3-2-4-13-30)8-10-24(22)29-14-16-34-17-15-29/h5-11,18H,2-4,12-17H2,1H3,(H,28,31). The number of pyridine rings is 1. The van der Waals surface area contributed by atoms with E-state index in [-0.39, 0.29) is 10.8 Å². The summed E-state index contributed by atoms with van der Waals surface area (Å²) in [5.74, 6) is -0.351. The number of nitrogens with zero attached hydrogens (tertiary/aromatic N) is 3. The molecule has 0 aliphatic carbocycles. The molecule has 0 unspecified atom stereocenters. The van der Waals surface area contributed by atoms with Crippen LogP contribution in [-0.4, -0.2) is 63.0 Å². The molecule has 0 atom stereocenters. The van der Waals surface area contributed by atoms with Crippen LogP contribution < -0.4 is 10.2 Å². The number of anilines is 2. The number of morpholine rings is 1. The van der Waals surface area contributed by atoms with Crippen LogP contribution in [0.25, 0.3) is 10.9 Å². The maximum absolute atomic E-state index is 13.7. The number of amides is 1. The molecular weight excluding hydrogens is 464 g/mol. The van der Waals surface area contributed by atoms with Crippen LogP contribution in [0.4, 0.5) is 11.4 Å². The zero-order valence-electron chi connectivity index (χ0n) is 19.9. The number of carbonyl (C=O) groups excluding carboxylic acids is 1. The lowest BCUT2D eigenvalue weighted by Gasteiger charge is -2.31. The molecular formula is C26H30N4O4S. The monoisotopic (exact) mass is 494 g/mol. The van der Waals surface area contributed by atoms with Gasteiger partial charge in [0, 0.05) is 43.4 Å². The van der Waals surface area contributed by atoms with Crippen molar-refractivity contribution in [3.63, 3.8) is 0 Å². The van der Waals surface area contributed by atoms with Crippen molar-refractivity contribution in [2.75, 3.05) is 49.6 Å². The van der Waals surface area contributed by atoms with Gasteiger partial charge >= 0.3 is 0 Å². The Morgan fingerprint density at radius 1 is 1.00 bits per heavy atom. The molecule has 9 heteroatoms. The number of carbonyl (C=O) groups is 1. The van der Waals surface area contributed by atoms with Crippen LogP contribution in [-0.2, 0) is 14.8 Å². The smallest absolute Gasteiger partial charge is 0.257 e. The van der Waals surface area contributed by atoms with E-state index in [9.17, 15) is 13.2 Å². The first-order valence-corrected chi connectivity index (χ1v) is 13.5. The molecule has 0 spiro atoms. The van der Waals surface area contributed by atoms with Crippen molar-refractivity contribution >= 4 is 38.2 Å². The minimum atomic E-state index is -3.68. The molecule has 2 fully saturated rings. The SMILES string of the molecule is Cc1ccc(NC(=O)c2cc(S(=O)(=O)N3CCCCC3)ccc2N2CCOCC2)c2cccnc12. The second-order valence-electron chi connectivity index (χ2n) is 9.03. The van der Waals surface area contributed by atoms with Crippen LogP contribution in [0.3, 0.4) is 0 Å². The fraction of sp³-hybridized carbons (Fsp3) is 0.385. The van der Waals surface area contributed by atoms with E-state index >= 15 is 0 Å². The number of aromatic nitrogens is 1. The molecule has 3 heterocycles. The van der Waals surface area contributed by atoms with E-state index in [2.05, 4.69) is 15.2 Å². The number of nitrogens with one attached hydrogen (secondary N) is 1. The van der Waals surface area contributed by atoms with Gasteiger partial charge in [0.2, 0.25) is 10.0 Å². The first-order chi connectivity index (χ1) is 16.9. The van der Waals surface area contributed by atoms with Gasteiger partial charge in [-0.25, -0.2) is 8.42 Å². The van der Waals surface area contributed by atoms with Gasteiger partial charge in [-0.15, -0.1) is 0 Å². The molecule has 35 heavy (non-hydrogen) atoms. The minimum Gasteiger partial charge on any atom is -0.378 e. The van der Waals surface area contributed by atoms with Crippen LogP contribution in [0.1, 0.15) is 35.2 Å². The Labute approximate surface area is 205 Å². The molecule has 1 amide bonds. The van der Waals surface area contributed by atoms with E-state index in [1.807, 2.05) is 31.2 Å². The highest BCUT2D eigenvalue weighted by molar-refractivity contribution is 7.89. The largest absolute Gasteiger partial charge is 0.378 e. The summed E-state index contributed by atoms with van der Waals surface area (Å²) < 4.78 is 33.8. The summed E-state index contributed by atoms with van der Waals surface area (Å²) in [5.41, 5.74) is 3.52. The van der Waals surface area contributed by atoms with E-state index in [1.165, 1.54) is 10.4 Å². The Morgan fingerprint density at radius 2 is 1.77 bits per heavy atom. The van der Waals surface area contributed by atoms with Crippen LogP contribution in [0.15, 0.2) is 53.6 Å². The summed E-state index contributed by atoms with van der Waals surface area (Å²) in [4.78, 5) is 20.3. The second-order valence-corrected chi connectivity index (χ2v) is 11.0. The Balaban J connectivity index is 1.54. The third-order valence-corrected chi connectivity index (χ3v) is 8.63. The number of piperidine rings is 1. The Kier molecular flexibility index (Phi) is 6.73. The van der Waals surface area contributed by atoms with E-state index in [0.29, 0.717) is 56.3 Å². The third-order valence-electron chi connectivity index (χ3n) is 6.74. The van der Waals surface area contributed by atoms with Crippen LogP contribution in [0, 0.1) is 6.92 Å². The summed E-state index contributed by atoms with van der Waals surface area (Å²) in [6, 6.07) is 12.4. The summed E-state index contributed by atoms with van der Waals surface area (Å²) >= 11 is 0. The van der Waals surface area contributed by atoms with Gasteiger partial charge in [0.25, 0.3) is 5.91 Å². The summed E-state index contributed by atoms with van der Waals surface area (Å²) in [6.45, 7) is 5.39. The molecule has 8 nitrogen and oxygen atoms in total. The van der Waals surface area contributed by atoms with Crippen LogP contribution in [0.5, 0.6) is 0 Å². The highest BCUT2D eigenvalue weighted by atomic mass is 32.2. The summed E-state index contributed by atoms with van der Waals surface area (Å²) in [6.07, 6.45) is 4.47. The van der Waals surface area contributed by atoms with Crippen molar-refractivity contribution in [1.29, 1.82) is 0 Å². The minimum absolute atomic E-state index is 0.150. The predicted octanol–water partition coefficient (Wildman–Crippen LogP) is 3.81. The number of ether oxygens (including phenoxy) is 1. The molecule has 2 aliphatic heterocycles. The number of fused-ring (bicyclic) bond motifs is 1. The van der Waals surface area contributed by atoms with E-state index < -0.39 is 10.0 Å². The molecule has 1 aromatic heterocycles. The van der Waals surface area contributed by atoms with Crippen molar-refractivity contribution < 1.29 is 17.9 Å². The molecule has 0 saturated carbocycles. The second kappa shape index (κ2) is 9.93. The molecule has 2 aromatic carbocycles. The van der Waals surface area contributed by atoms with Crippen molar-refractivity contribution in [3.05, 3.63) is 59.8 Å². The molecule has 5 rings (SSSR count). The highest BCUT2D eigenvalue weighted by Gasteiger charge is 2.29. The van der Waals surface area contributed by atoms with E-state index in [0.717, 1.165) is 35.7 Å². The topological polar surface area (TPSA) is 91.8 Å². The maximum atomic E-state index is 13.7. The van der Waals surface area contributed by atoms with Gasteiger partial charge in [-0.05, 0) is 61.7 Å². The lowest BCUT2D eigenvalue weighted by molar-refractivity contribution is 0.102. The van der Waals surface area contributed by atoms with Crippen LogP contribution >= 0.6 is 0 Å². The molecule has 0 radical (unpaired) electrons. The van der Waals surface area contributed by atoms with Crippen molar-refractivity contribution in [1.82, 2.24) is 9.29 Å². The summed E-state index contributed by atoms with van der Waals surface area (Å²) in [7, 11) is -3.68. The quantitative estimate of drug-likeness (QED) is 0.580. The number of sulfonamides is 1. The lowest BCUT2D eigenvalue weighted by Crippen LogP contribution is -2.38. The number of hydrogen-bond acceptors (Lipinski definition) is 6. The molecule has 0 bridgehead atoms. The first-order valence-electron chi connectivity index (χ1n) is 12.1. The average molecular weight is 495 g/mol. The third kappa shape index (κ3) is 4.76. The van der Waals surface area contributed by atoms with Gasteiger partial charge in [0.15, 0.2) is 0 Å². The lowest BCUT2D eigenvalue weighted by atomic mass is 10.1. The molecule has 3 aromatic rings. The summed E-state index contributed by atoms with van der Waals surface area (Å²) in [5, 5.41) is 3.86. The molecule has 1 N–H and O–H groups in total. The Hall–Kier alpha value is -3.01. The predicted molar refractivity (Wildman–Crippen MR) is 137 cm³/mol. The zero-order valence-corrected chi connectivity index (χ0v) is 20.7. The van der Waals surface area contributed by atoms with E-state index in [1.54, 1.807) is 18.3 Å². The Bertz CT molecular complexity index is 1350. The van der Waals surface area contributed by atoms with Gasteiger partial charge in [-0.1, -0.05) is 12.5 Å². The van der Waals surface area contributed by atoms with E-state index in [4.69, 9.17) is 4.74 Å². The fourth-order valence-electron chi connectivity index (χ4n) is 4.80. The highest BCUT2D eigenvalue weighted by Crippen LogP contribution is 2.30. The van der Waals surface area contributed by atoms with Gasteiger partial charge < -0.3 is 15.0 Å². The van der Waals surface area contributed by atoms with Crippen molar-refractivity contribution in [2.45, 2.75) is 31.1 Å². The van der Waals surface area contributed by atoms with Crippen molar-refractivity contribution in [2.24, 2.45) is 0 Å². The number of benzene rings is 2. The first kappa shape index (κ1) is 23.7. The Morgan fingerprint density at radius 3 is 2.54 bits per heavy atom. The molecule has 184 valence electrons. The molecule has 2 aliphatic rings. The fourth-order valence-corrected chi connectivity index (χ4v) is 6.35. The zero-order chi connectivity index (χ0) is 24.4. The van der Waals surface area contributed by atoms with Crippen molar-refractivity contribution in [3.8, 4) is 0 Å². The van der Waals surface area contributed by atoms with Gasteiger partial charge in [-0.3, -0.25) is 9.78 Å². The van der Waals surface area contributed by atoms with Gasteiger partial charge in [0.1, 0.15) is 0 Å².